The number of nitrogens with zero attached hydrogens (tertiary/aromatic N) is 1. The minimum atomic E-state index is -2.11. The van der Waals surface area contributed by atoms with Gasteiger partial charge < -0.3 is 19.0 Å². The third kappa shape index (κ3) is 5.76. The Morgan fingerprint density at radius 1 is 1.29 bits per heavy atom. The van der Waals surface area contributed by atoms with Crippen LogP contribution in [0, 0.1) is 5.92 Å². The molecule has 0 aliphatic carbocycles. The Bertz CT molecular complexity index is 718. The molecule has 1 N–H and O–H groups in total. The van der Waals surface area contributed by atoms with Crippen LogP contribution in [0.2, 0.25) is 18.1 Å². The Morgan fingerprint density at radius 3 is 2.42 bits per heavy atom. The second-order valence-corrected chi connectivity index (χ2v) is 15.3. The van der Waals surface area contributed by atoms with Crippen LogP contribution in [-0.2, 0) is 25.2 Å². The van der Waals surface area contributed by atoms with Crippen molar-refractivity contribution in [3.63, 3.8) is 0 Å². The third-order valence-electron chi connectivity index (χ3n) is 6.95. The van der Waals surface area contributed by atoms with Gasteiger partial charge in [0.25, 0.3) is 0 Å². The molecule has 6 nitrogen and oxygen atoms in total. The quantitative estimate of drug-likeness (QED) is 0.449. The van der Waals surface area contributed by atoms with E-state index in [1.165, 1.54) is 7.11 Å². The molecular weight excluding hydrogens is 410 g/mol. The van der Waals surface area contributed by atoms with Crippen LogP contribution in [-0.4, -0.2) is 62.5 Å². The molecule has 2 rings (SSSR count). The number of hydrogen-bond donors (Lipinski definition) is 1. The fourth-order valence-corrected chi connectivity index (χ4v) is 5.01. The van der Waals surface area contributed by atoms with Gasteiger partial charge in [-0.2, -0.15) is 0 Å². The van der Waals surface area contributed by atoms with E-state index in [-0.39, 0.29) is 23.5 Å². The van der Waals surface area contributed by atoms with Crippen LogP contribution in [0.15, 0.2) is 30.3 Å². The molecule has 0 amide bonds. The van der Waals surface area contributed by atoms with Crippen molar-refractivity contribution in [2.75, 3.05) is 20.4 Å². The van der Waals surface area contributed by atoms with Crippen molar-refractivity contribution in [1.29, 1.82) is 0 Å². The molecule has 0 spiro atoms. The lowest BCUT2D eigenvalue weighted by atomic mass is 9.79. The zero-order valence-electron chi connectivity index (χ0n) is 20.5. The van der Waals surface area contributed by atoms with Gasteiger partial charge in [0.15, 0.2) is 8.32 Å². The van der Waals surface area contributed by atoms with E-state index in [9.17, 15) is 9.90 Å². The first-order valence-electron chi connectivity index (χ1n) is 11.1. The summed E-state index contributed by atoms with van der Waals surface area (Å²) in [6, 6.07) is 10.1. The molecule has 1 aromatic rings. The second-order valence-electron chi connectivity index (χ2n) is 10.5. The molecule has 3 atom stereocenters. The van der Waals surface area contributed by atoms with E-state index in [2.05, 4.69) is 64.7 Å². The molecule has 1 aromatic carbocycles. The highest BCUT2D eigenvalue weighted by molar-refractivity contribution is 6.74. The fourth-order valence-electron chi connectivity index (χ4n) is 3.98. The van der Waals surface area contributed by atoms with E-state index in [4.69, 9.17) is 13.9 Å². The Labute approximate surface area is 189 Å². The standard InChI is InChI=1S/C24H41NO5Si/c1-18(2)22-24(20(26)14-21(27)28-6,16-30-31(7,8)23(3,4)5)25(17-29-22)15-19-12-10-9-11-13-19/h9-13,18,20,22,26H,14-17H2,1-8H3/t20-,22+,24-/m0/s1. The number of aliphatic hydroxyl groups excluding tert-OH is 1. The monoisotopic (exact) mass is 451 g/mol. The van der Waals surface area contributed by atoms with Gasteiger partial charge in [0.1, 0.15) is 6.73 Å². The van der Waals surface area contributed by atoms with Crippen LogP contribution < -0.4 is 0 Å². The van der Waals surface area contributed by atoms with Crippen LogP contribution in [0.1, 0.15) is 46.6 Å². The lowest BCUT2D eigenvalue weighted by molar-refractivity contribution is -0.147. The second kappa shape index (κ2) is 10.1. The van der Waals surface area contributed by atoms with Crippen LogP contribution >= 0.6 is 0 Å². The Balaban J connectivity index is 2.47. The molecule has 1 aliphatic rings. The number of benzene rings is 1. The number of rotatable bonds is 9. The molecule has 1 fully saturated rings. The van der Waals surface area contributed by atoms with E-state index in [1.807, 2.05) is 18.2 Å². The number of ether oxygens (including phenoxy) is 2. The lowest BCUT2D eigenvalue weighted by Gasteiger charge is -2.47. The molecule has 176 valence electrons. The van der Waals surface area contributed by atoms with Gasteiger partial charge in [-0.15, -0.1) is 0 Å². The van der Waals surface area contributed by atoms with E-state index in [1.54, 1.807) is 0 Å². The predicted octanol–water partition coefficient (Wildman–Crippen LogP) is 4.19. The maximum Gasteiger partial charge on any atom is 0.308 e. The average Bonchev–Trinajstić information content (AvgIpc) is 3.05. The van der Waals surface area contributed by atoms with Crippen molar-refractivity contribution >= 4 is 14.3 Å². The highest BCUT2D eigenvalue weighted by Crippen LogP contribution is 2.42. The summed E-state index contributed by atoms with van der Waals surface area (Å²) in [5.74, 6) is -0.302. The summed E-state index contributed by atoms with van der Waals surface area (Å²) in [5.41, 5.74) is 0.269. The predicted molar refractivity (Wildman–Crippen MR) is 125 cm³/mol. The van der Waals surface area contributed by atoms with E-state index >= 15 is 0 Å². The molecule has 0 bridgehead atoms. The number of aliphatic hydroxyl groups is 1. The zero-order valence-corrected chi connectivity index (χ0v) is 21.5. The Kier molecular flexibility index (Phi) is 8.50. The summed E-state index contributed by atoms with van der Waals surface area (Å²) in [6.07, 6.45) is -1.36. The number of carbonyl (C=O) groups excluding carboxylic acids is 1. The van der Waals surface area contributed by atoms with Crippen molar-refractivity contribution in [2.24, 2.45) is 5.92 Å². The first-order valence-corrected chi connectivity index (χ1v) is 14.1. The van der Waals surface area contributed by atoms with Gasteiger partial charge in [-0.25, -0.2) is 0 Å². The minimum Gasteiger partial charge on any atom is -0.469 e. The molecule has 31 heavy (non-hydrogen) atoms. The molecular formula is C24H41NO5Si. The summed E-state index contributed by atoms with van der Waals surface area (Å²) < 4.78 is 17.8. The molecule has 0 aromatic heterocycles. The maximum absolute atomic E-state index is 12.1. The highest BCUT2D eigenvalue weighted by Gasteiger charge is 2.57. The summed E-state index contributed by atoms with van der Waals surface area (Å²) in [5, 5.41) is 11.5. The smallest absolute Gasteiger partial charge is 0.308 e. The van der Waals surface area contributed by atoms with Gasteiger partial charge >= 0.3 is 5.97 Å². The van der Waals surface area contributed by atoms with Crippen molar-refractivity contribution in [2.45, 2.75) is 83.5 Å². The molecule has 0 saturated carbocycles. The molecule has 1 aliphatic heterocycles. The first-order chi connectivity index (χ1) is 14.3. The van der Waals surface area contributed by atoms with E-state index in [0.717, 1.165) is 5.56 Å². The van der Waals surface area contributed by atoms with Gasteiger partial charge in [0.05, 0.1) is 37.9 Å². The Morgan fingerprint density at radius 2 is 1.90 bits per heavy atom. The number of esters is 1. The van der Waals surface area contributed by atoms with Crippen molar-refractivity contribution in [3.8, 4) is 0 Å². The summed E-state index contributed by atoms with van der Waals surface area (Å²) in [6.45, 7) is 16.4. The van der Waals surface area contributed by atoms with E-state index in [0.29, 0.717) is 19.9 Å². The number of carbonyl (C=O) groups is 1. The normalized spacial score (nSPS) is 23.9. The van der Waals surface area contributed by atoms with Gasteiger partial charge in [-0.3, -0.25) is 9.69 Å². The van der Waals surface area contributed by atoms with Gasteiger partial charge in [-0.05, 0) is 29.6 Å². The molecule has 1 saturated heterocycles. The minimum absolute atomic E-state index is 0.0263. The SMILES string of the molecule is COC(=O)C[C@H](O)[C@@]1(CO[Si](C)(C)C(C)(C)C)[C@@H](C(C)C)OCN1Cc1ccccc1. The topological polar surface area (TPSA) is 68.2 Å². The fraction of sp³-hybridized carbons (Fsp3) is 0.708. The third-order valence-corrected chi connectivity index (χ3v) is 11.4. The van der Waals surface area contributed by atoms with Crippen LogP contribution in [0.3, 0.4) is 0 Å². The molecule has 7 heteroatoms. The number of hydrogen-bond acceptors (Lipinski definition) is 6. The van der Waals surface area contributed by atoms with E-state index < -0.39 is 25.9 Å². The van der Waals surface area contributed by atoms with Crippen molar-refractivity contribution in [3.05, 3.63) is 35.9 Å². The van der Waals surface area contributed by atoms with Crippen LogP contribution in [0.25, 0.3) is 0 Å². The molecule has 1 heterocycles. The first kappa shape index (κ1) is 26.0. The lowest BCUT2D eigenvalue weighted by Crippen LogP contribution is -2.64. The molecule has 0 radical (unpaired) electrons. The van der Waals surface area contributed by atoms with Gasteiger partial charge in [0.2, 0.25) is 0 Å². The summed E-state index contributed by atoms with van der Waals surface area (Å²) in [4.78, 5) is 14.3. The highest BCUT2D eigenvalue weighted by atomic mass is 28.4. The maximum atomic E-state index is 12.1. The average molecular weight is 452 g/mol. The summed E-state index contributed by atoms with van der Waals surface area (Å²) >= 11 is 0. The number of methoxy groups -OCH3 is 1. The zero-order chi connectivity index (χ0) is 23.4. The summed E-state index contributed by atoms with van der Waals surface area (Å²) in [7, 11) is -0.761. The van der Waals surface area contributed by atoms with Crippen molar-refractivity contribution < 1.29 is 23.8 Å². The van der Waals surface area contributed by atoms with Crippen molar-refractivity contribution in [1.82, 2.24) is 4.90 Å². The largest absolute Gasteiger partial charge is 0.469 e. The Hall–Kier alpha value is -1.25. The molecule has 0 unspecified atom stereocenters. The van der Waals surface area contributed by atoms with Crippen LogP contribution in [0.4, 0.5) is 0 Å². The van der Waals surface area contributed by atoms with Crippen LogP contribution in [0.5, 0.6) is 0 Å². The van der Waals surface area contributed by atoms with Gasteiger partial charge in [0, 0.05) is 6.54 Å². The van der Waals surface area contributed by atoms with Gasteiger partial charge in [-0.1, -0.05) is 65.0 Å².